The number of hydrogen-bond acceptors (Lipinski definition) is 5. The van der Waals surface area contributed by atoms with Crippen molar-refractivity contribution in [1.82, 2.24) is 9.29 Å². The van der Waals surface area contributed by atoms with E-state index in [0.717, 1.165) is 5.56 Å². The maximum absolute atomic E-state index is 12.7. The molecule has 140 valence electrons. The first-order chi connectivity index (χ1) is 12.3. The van der Waals surface area contributed by atoms with Crippen molar-refractivity contribution in [2.24, 2.45) is 0 Å². The van der Waals surface area contributed by atoms with Crippen LogP contribution in [-0.4, -0.2) is 43.8 Å². The zero-order valence-electron chi connectivity index (χ0n) is 15.3. The molecule has 0 fully saturated rings. The van der Waals surface area contributed by atoms with Gasteiger partial charge in [-0.1, -0.05) is 13.8 Å². The number of sulfonamides is 1. The lowest BCUT2D eigenvalue weighted by Gasteiger charge is -2.19. The maximum atomic E-state index is 12.7. The molecule has 0 aliphatic rings. The van der Waals surface area contributed by atoms with Crippen LogP contribution in [0.1, 0.15) is 29.8 Å². The number of aromatic nitrogens is 1. The van der Waals surface area contributed by atoms with Crippen LogP contribution in [0.3, 0.4) is 0 Å². The number of amides is 1. The molecule has 1 aromatic heterocycles. The smallest absolute Gasteiger partial charge is 0.260 e. The van der Waals surface area contributed by atoms with Gasteiger partial charge in [-0.15, -0.1) is 0 Å². The monoisotopic (exact) mass is 377 g/mol. The highest BCUT2D eigenvalue weighted by molar-refractivity contribution is 7.89. The van der Waals surface area contributed by atoms with E-state index in [0.29, 0.717) is 18.9 Å². The highest BCUT2D eigenvalue weighted by atomic mass is 32.2. The molecule has 2 aromatic rings. The fraction of sp³-hybridized carbons (Fsp3) is 0.333. The number of aryl methyl sites for hydroxylation is 1. The largest absolute Gasteiger partial charge is 0.496 e. The lowest BCUT2D eigenvalue weighted by atomic mass is 10.2. The van der Waals surface area contributed by atoms with Crippen LogP contribution < -0.4 is 10.1 Å². The lowest BCUT2D eigenvalue weighted by Crippen LogP contribution is -2.30. The molecular weight excluding hydrogens is 354 g/mol. The Morgan fingerprint density at radius 3 is 2.46 bits per heavy atom. The first-order valence-corrected chi connectivity index (χ1v) is 9.69. The van der Waals surface area contributed by atoms with E-state index in [1.165, 1.54) is 29.6 Å². The van der Waals surface area contributed by atoms with E-state index in [1.54, 1.807) is 26.1 Å². The van der Waals surface area contributed by atoms with Crippen LogP contribution in [0.4, 0.5) is 5.82 Å². The normalized spacial score (nSPS) is 11.4. The second-order valence-electron chi connectivity index (χ2n) is 5.62. The summed E-state index contributed by atoms with van der Waals surface area (Å²) in [5.74, 6) is 0.180. The zero-order chi connectivity index (χ0) is 19.3. The van der Waals surface area contributed by atoms with E-state index in [-0.39, 0.29) is 16.2 Å². The summed E-state index contributed by atoms with van der Waals surface area (Å²) in [4.78, 5) is 16.8. The van der Waals surface area contributed by atoms with Crippen molar-refractivity contribution in [2.75, 3.05) is 25.5 Å². The predicted molar refractivity (Wildman–Crippen MR) is 100 cm³/mol. The molecule has 0 saturated carbocycles. The van der Waals surface area contributed by atoms with Crippen LogP contribution in [0, 0.1) is 6.92 Å². The van der Waals surface area contributed by atoms with Gasteiger partial charge in [-0.25, -0.2) is 13.4 Å². The SMILES string of the molecule is CCN(CC)S(=O)(=O)c1ccc(OC)c(C(=O)Nc2cc(C)ccn2)c1. The van der Waals surface area contributed by atoms with E-state index in [9.17, 15) is 13.2 Å². The quantitative estimate of drug-likeness (QED) is 0.801. The first-order valence-electron chi connectivity index (χ1n) is 8.25. The van der Waals surface area contributed by atoms with Crippen LogP contribution in [0.25, 0.3) is 0 Å². The van der Waals surface area contributed by atoms with Gasteiger partial charge in [-0.3, -0.25) is 4.79 Å². The third-order valence-corrected chi connectivity index (χ3v) is 5.96. The van der Waals surface area contributed by atoms with E-state index in [2.05, 4.69) is 10.3 Å². The number of rotatable bonds is 7. The van der Waals surface area contributed by atoms with Crippen molar-refractivity contribution < 1.29 is 17.9 Å². The maximum Gasteiger partial charge on any atom is 0.260 e. The van der Waals surface area contributed by atoms with Gasteiger partial charge in [-0.05, 0) is 42.8 Å². The minimum atomic E-state index is -3.68. The Labute approximate surface area is 154 Å². The number of nitrogens with one attached hydrogen (secondary N) is 1. The molecule has 1 amide bonds. The van der Waals surface area contributed by atoms with Crippen molar-refractivity contribution in [3.63, 3.8) is 0 Å². The summed E-state index contributed by atoms with van der Waals surface area (Å²) in [6.45, 7) is 6.11. The van der Waals surface area contributed by atoms with Crippen LogP contribution >= 0.6 is 0 Å². The van der Waals surface area contributed by atoms with Gasteiger partial charge in [0, 0.05) is 19.3 Å². The van der Waals surface area contributed by atoms with Gasteiger partial charge in [0.25, 0.3) is 5.91 Å². The molecule has 1 aromatic carbocycles. The molecule has 0 bridgehead atoms. The molecule has 8 heteroatoms. The van der Waals surface area contributed by atoms with Crippen LogP contribution in [0.2, 0.25) is 0 Å². The molecule has 0 unspecified atom stereocenters. The molecule has 7 nitrogen and oxygen atoms in total. The van der Waals surface area contributed by atoms with Crippen molar-refractivity contribution in [2.45, 2.75) is 25.7 Å². The number of anilines is 1. The molecule has 2 rings (SSSR count). The molecule has 0 saturated heterocycles. The minimum absolute atomic E-state index is 0.0457. The van der Waals surface area contributed by atoms with Gasteiger partial charge < -0.3 is 10.1 Å². The standard InChI is InChI=1S/C18H23N3O4S/c1-5-21(6-2)26(23,24)14-7-8-16(25-4)15(12-14)18(22)20-17-11-13(3)9-10-19-17/h7-12H,5-6H2,1-4H3,(H,19,20,22). The summed E-state index contributed by atoms with van der Waals surface area (Å²) >= 11 is 0. The van der Waals surface area contributed by atoms with Crippen LogP contribution in [0.5, 0.6) is 5.75 Å². The number of carbonyl (C=O) groups is 1. The summed E-state index contributed by atoms with van der Waals surface area (Å²) in [6, 6.07) is 7.79. The number of benzene rings is 1. The summed E-state index contributed by atoms with van der Waals surface area (Å²) in [5.41, 5.74) is 1.07. The Bertz CT molecular complexity index is 893. The number of hydrogen-bond donors (Lipinski definition) is 1. The highest BCUT2D eigenvalue weighted by Gasteiger charge is 2.24. The Hall–Kier alpha value is -2.45. The van der Waals surface area contributed by atoms with Crippen LogP contribution in [-0.2, 0) is 10.0 Å². The Morgan fingerprint density at radius 2 is 1.88 bits per heavy atom. The van der Waals surface area contributed by atoms with Gasteiger partial charge >= 0.3 is 0 Å². The number of ether oxygens (including phenoxy) is 1. The summed E-state index contributed by atoms with van der Waals surface area (Å²) in [6.07, 6.45) is 1.59. The molecule has 0 atom stereocenters. The number of nitrogens with zero attached hydrogens (tertiary/aromatic N) is 2. The summed E-state index contributed by atoms with van der Waals surface area (Å²) < 4.78 is 32.0. The lowest BCUT2D eigenvalue weighted by molar-refractivity contribution is 0.102. The van der Waals surface area contributed by atoms with Gasteiger partial charge in [-0.2, -0.15) is 4.31 Å². The second kappa shape index (κ2) is 8.29. The molecule has 0 radical (unpaired) electrons. The van der Waals surface area contributed by atoms with Crippen molar-refractivity contribution >= 4 is 21.7 Å². The van der Waals surface area contributed by atoms with Gasteiger partial charge in [0.05, 0.1) is 17.6 Å². The van der Waals surface area contributed by atoms with Gasteiger partial charge in [0.1, 0.15) is 11.6 Å². The average molecular weight is 377 g/mol. The minimum Gasteiger partial charge on any atom is -0.496 e. The van der Waals surface area contributed by atoms with Gasteiger partial charge in [0.2, 0.25) is 10.0 Å². The van der Waals surface area contributed by atoms with Crippen molar-refractivity contribution in [3.05, 3.63) is 47.7 Å². The fourth-order valence-corrected chi connectivity index (χ4v) is 4.01. The average Bonchev–Trinajstić information content (AvgIpc) is 2.61. The topological polar surface area (TPSA) is 88.6 Å². The Kier molecular flexibility index (Phi) is 6.33. The van der Waals surface area contributed by atoms with E-state index in [1.807, 2.05) is 13.0 Å². The molecule has 1 N–H and O–H groups in total. The second-order valence-corrected chi connectivity index (χ2v) is 7.56. The molecule has 1 heterocycles. The first kappa shape index (κ1) is 19.9. The molecular formula is C18H23N3O4S. The predicted octanol–water partition coefficient (Wildman–Crippen LogP) is 2.68. The molecule has 26 heavy (non-hydrogen) atoms. The van der Waals surface area contributed by atoms with Gasteiger partial charge in [0.15, 0.2) is 0 Å². The van der Waals surface area contributed by atoms with Crippen molar-refractivity contribution in [3.8, 4) is 5.75 Å². The fourth-order valence-electron chi connectivity index (χ4n) is 2.53. The third-order valence-electron chi connectivity index (χ3n) is 3.92. The number of carbonyl (C=O) groups excluding carboxylic acids is 1. The van der Waals surface area contributed by atoms with E-state index < -0.39 is 15.9 Å². The Balaban J connectivity index is 2.42. The highest BCUT2D eigenvalue weighted by Crippen LogP contribution is 2.25. The molecule has 0 aliphatic carbocycles. The zero-order valence-corrected chi connectivity index (χ0v) is 16.1. The number of pyridine rings is 1. The van der Waals surface area contributed by atoms with Crippen molar-refractivity contribution in [1.29, 1.82) is 0 Å². The van der Waals surface area contributed by atoms with E-state index >= 15 is 0 Å². The molecule has 0 spiro atoms. The van der Waals surface area contributed by atoms with Crippen LogP contribution in [0.15, 0.2) is 41.4 Å². The summed E-state index contributed by atoms with van der Waals surface area (Å²) in [5, 5.41) is 2.67. The Morgan fingerprint density at radius 1 is 1.19 bits per heavy atom. The number of methoxy groups -OCH3 is 1. The molecule has 0 aliphatic heterocycles. The summed E-state index contributed by atoms with van der Waals surface area (Å²) in [7, 11) is -2.25. The third kappa shape index (κ3) is 4.20. The van der Waals surface area contributed by atoms with E-state index in [4.69, 9.17) is 4.74 Å².